The van der Waals surface area contributed by atoms with Gasteiger partial charge < -0.3 is 0 Å². The lowest BCUT2D eigenvalue weighted by molar-refractivity contribution is 0.591. The van der Waals surface area contributed by atoms with Gasteiger partial charge in [0.1, 0.15) is 0 Å². The smallest absolute Gasteiger partial charge is 0.206 e. The molecule has 36 heavy (non-hydrogen) atoms. The molecule has 0 amide bonds. The molecule has 0 N–H and O–H groups in total. The monoisotopic (exact) mass is 600 g/mol. The summed E-state index contributed by atoms with van der Waals surface area (Å²) in [6.07, 6.45) is 0. The van der Waals surface area contributed by atoms with Crippen molar-refractivity contribution in [1.29, 1.82) is 0 Å². The Kier molecular flexibility index (Phi) is 7.27. The zero-order chi connectivity index (χ0) is 26.3. The fourth-order valence-corrected chi connectivity index (χ4v) is 7.85. The summed E-state index contributed by atoms with van der Waals surface area (Å²) in [5.41, 5.74) is 0. The van der Waals surface area contributed by atoms with Crippen molar-refractivity contribution < 1.29 is 25.3 Å². The predicted octanol–water partition coefficient (Wildman–Crippen LogP) is 6.15. The maximum absolute atomic E-state index is 13.4. The van der Waals surface area contributed by atoms with Crippen molar-refractivity contribution >= 4 is 64.3 Å². The van der Waals surface area contributed by atoms with E-state index in [1.165, 1.54) is 72.8 Å². The lowest BCUT2D eigenvalue weighted by Crippen LogP contribution is -2.10. The van der Waals surface area contributed by atoms with E-state index >= 15 is 0 Å². The van der Waals surface area contributed by atoms with Crippen molar-refractivity contribution in [2.24, 2.45) is 0 Å². The van der Waals surface area contributed by atoms with Crippen LogP contribution in [-0.2, 0) is 29.5 Å². The van der Waals surface area contributed by atoms with Crippen LogP contribution in [0.5, 0.6) is 0 Å². The average Bonchev–Trinajstić information content (AvgIpc) is 2.84. The van der Waals surface area contributed by atoms with Gasteiger partial charge in [-0.05, 0) is 91.0 Å². The summed E-state index contributed by atoms with van der Waals surface area (Å²) in [4.78, 5) is -2.14. The Hall–Kier alpha value is -2.40. The molecule has 0 aromatic heterocycles. The van der Waals surface area contributed by atoms with Crippen LogP contribution in [0.4, 0.5) is 0 Å². The van der Waals surface area contributed by atoms with Crippen LogP contribution in [0.25, 0.3) is 0 Å². The van der Waals surface area contributed by atoms with Crippen LogP contribution in [0.2, 0.25) is 15.1 Å². The average molecular weight is 602 g/mol. The van der Waals surface area contributed by atoms with E-state index in [1.54, 1.807) is 0 Å². The highest BCUT2D eigenvalue weighted by Gasteiger charge is 2.28. The van der Waals surface area contributed by atoms with Crippen LogP contribution in [0.1, 0.15) is 0 Å². The molecule has 4 aromatic rings. The maximum Gasteiger partial charge on any atom is 0.206 e. The Bertz CT molecular complexity index is 1540. The quantitative estimate of drug-likeness (QED) is 0.263. The van der Waals surface area contributed by atoms with Crippen LogP contribution in [-0.4, -0.2) is 25.3 Å². The Balaban J connectivity index is 1.99. The number of benzene rings is 4. The number of halogens is 3. The summed E-state index contributed by atoms with van der Waals surface area (Å²) >= 11 is 17.6. The molecule has 12 heteroatoms. The molecule has 0 saturated heterocycles. The molecule has 0 heterocycles. The molecular formula is C24H15Cl3O6S3. The van der Waals surface area contributed by atoms with E-state index in [1.807, 2.05) is 0 Å². The lowest BCUT2D eigenvalue weighted by atomic mass is 10.3. The summed E-state index contributed by atoms with van der Waals surface area (Å²) in [6, 6.07) is 18.4. The predicted molar refractivity (Wildman–Crippen MR) is 137 cm³/mol. The molecule has 0 bridgehead atoms. The topological polar surface area (TPSA) is 102 Å². The molecule has 0 radical (unpaired) electrons. The second-order valence-electron chi connectivity index (χ2n) is 7.51. The van der Waals surface area contributed by atoms with Gasteiger partial charge in [0.15, 0.2) is 0 Å². The first-order chi connectivity index (χ1) is 16.8. The van der Waals surface area contributed by atoms with Gasteiger partial charge in [-0.15, -0.1) is 0 Å². The number of hydrogen-bond acceptors (Lipinski definition) is 6. The van der Waals surface area contributed by atoms with Gasteiger partial charge in [0, 0.05) is 15.1 Å². The molecule has 4 aromatic carbocycles. The standard InChI is InChI=1S/C24H15Cl3O6S3/c25-16-1-7-19(8-2-16)34(28,29)22-13-23(35(30,31)20-9-3-17(26)4-10-20)15-24(14-22)36(32,33)21-11-5-18(27)6-12-21/h1-15H. The fourth-order valence-electron chi connectivity index (χ4n) is 3.26. The Morgan fingerprint density at radius 2 is 0.528 bits per heavy atom. The van der Waals surface area contributed by atoms with E-state index in [2.05, 4.69) is 0 Å². The van der Waals surface area contributed by atoms with Crippen molar-refractivity contribution in [3.8, 4) is 0 Å². The highest BCUT2D eigenvalue weighted by molar-refractivity contribution is 7.93. The third-order valence-corrected chi connectivity index (χ3v) is 11.2. The molecular weight excluding hydrogens is 587 g/mol. The zero-order valence-corrected chi connectivity index (χ0v) is 22.7. The van der Waals surface area contributed by atoms with Gasteiger partial charge in [-0.3, -0.25) is 0 Å². The van der Waals surface area contributed by atoms with E-state index < -0.39 is 44.2 Å². The summed E-state index contributed by atoms with van der Waals surface area (Å²) in [7, 11) is -13.0. The fraction of sp³-hybridized carbons (Fsp3) is 0. The van der Waals surface area contributed by atoms with Gasteiger partial charge >= 0.3 is 0 Å². The maximum atomic E-state index is 13.4. The third-order valence-electron chi connectivity index (χ3n) is 5.16. The first kappa shape index (κ1) is 26.7. The first-order valence-electron chi connectivity index (χ1n) is 9.99. The highest BCUT2D eigenvalue weighted by Crippen LogP contribution is 2.33. The van der Waals surface area contributed by atoms with E-state index in [9.17, 15) is 25.3 Å². The van der Waals surface area contributed by atoms with Gasteiger partial charge in [-0.2, -0.15) is 0 Å². The van der Waals surface area contributed by atoms with Gasteiger partial charge in [0.2, 0.25) is 29.5 Å². The molecule has 0 aliphatic carbocycles. The van der Waals surface area contributed by atoms with Gasteiger partial charge in [-0.1, -0.05) is 34.8 Å². The van der Waals surface area contributed by atoms with Crippen molar-refractivity contribution in [2.45, 2.75) is 29.4 Å². The largest absolute Gasteiger partial charge is 0.219 e. The van der Waals surface area contributed by atoms with Crippen molar-refractivity contribution in [2.75, 3.05) is 0 Å². The zero-order valence-electron chi connectivity index (χ0n) is 18.0. The summed E-state index contributed by atoms with van der Waals surface area (Å²) in [5.74, 6) is 0. The molecule has 0 spiro atoms. The Labute approximate surface area is 223 Å². The Morgan fingerprint density at radius 1 is 0.333 bits per heavy atom. The molecule has 4 rings (SSSR count). The van der Waals surface area contributed by atoms with Crippen LogP contribution in [0.15, 0.2) is 120 Å². The van der Waals surface area contributed by atoms with E-state index in [-0.39, 0.29) is 14.7 Å². The minimum atomic E-state index is -4.33. The van der Waals surface area contributed by atoms with Crippen LogP contribution in [0, 0.1) is 0 Å². The van der Waals surface area contributed by atoms with Crippen LogP contribution >= 0.6 is 34.8 Å². The van der Waals surface area contributed by atoms with Crippen LogP contribution < -0.4 is 0 Å². The van der Waals surface area contributed by atoms with Gasteiger partial charge in [-0.25, -0.2) is 25.3 Å². The molecule has 6 nitrogen and oxygen atoms in total. The highest BCUT2D eigenvalue weighted by atomic mass is 35.5. The second kappa shape index (κ2) is 9.81. The lowest BCUT2D eigenvalue weighted by Gasteiger charge is -2.13. The molecule has 0 aliphatic heterocycles. The normalized spacial score (nSPS) is 12.4. The van der Waals surface area contributed by atoms with E-state index in [4.69, 9.17) is 34.8 Å². The van der Waals surface area contributed by atoms with Gasteiger partial charge in [0.25, 0.3) is 0 Å². The molecule has 0 aliphatic rings. The number of sulfone groups is 3. The molecule has 0 saturated carbocycles. The third kappa shape index (κ3) is 5.18. The minimum Gasteiger partial charge on any atom is -0.219 e. The van der Waals surface area contributed by atoms with Crippen molar-refractivity contribution in [1.82, 2.24) is 0 Å². The first-order valence-corrected chi connectivity index (χ1v) is 15.6. The Morgan fingerprint density at radius 3 is 0.722 bits per heavy atom. The summed E-state index contributed by atoms with van der Waals surface area (Å²) < 4.78 is 80.4. The second-order valence-corrected chi connectivity index (χ2v) is 14.7. The van der Waals surface area contributed by atoms with E-state index in [0.717, 1.165) is 18.2 Å². The van der Waals surface area contributed by atoms with Crippen molar-refractivity contribution in [3.05, 3.63) is 106 Å². The van der Waals surface area contributed by atoms with Crippen LogP contribution in [0.3, 0.4) is 0 Å². The molecule has 186 valence electrons. The number of hydrogen-bond donors (Lipinski definition) is 0. The summed E-state index contributed by atoms with van der Waals surface area (Å²) in [5, 5.41) is 0.872. The number of rotatable bonds is 6. The van der Waals surface area contributed by atoms with Gasteiger partial charge in [0.05, 0.1) is 29.4 Å². The SMILES string of the molecule is O=S(=O)(c1ccc(Cl)cc1)c1cc(S(=O)(=O)c2ccc(Cl)cc2)cc(S(=O)(=O)c2ccc(Cl)cc2)c1. The summed E-state index contributed by atoms with van der Waals surface area (Å²) in [6.45, 7) is 0. The molecule has 0 atom stereocenters. The van der Waals surface area contributed by atoms with E-state index in [0.29, 0.717) is 15.1 Å². The molecule has 0 unspecified atom stereocenters. The van der Waals surface area contributed by atoms with Crippen molar-refractivity contribution in [3.63, 3.8) is 0 Å². The molecule has 0 fully saturated rings. The minimum absolute atomic E-state index is 0.192.